The molecule has 0 spiro atoms. The Labute approximate surface area is 205 Å². The predicted molar refractivity (Wildman–Crippen MR) is 140 cm³/mol. The molecule has 4 rings (SSSR count). The molecule has 0 fully saturated rings. The number of carbonyl (C=O) groups is 1. The second-order valence-corrected chi connectivity index (χ2v) is 8.84. The van der Waals surface area contributed by atoms with Crippen molar-refractivity contribution in [2.45, 2.75) is 5.54 Å². The van der Waals surface area contributed by atoms with Gasteiger partial charge in [0, 0.05) is 5.75 Å². The lowest BCUT2D eigenvalue weighted by Gasteiger charge is -2.37. The lowest BCUT2D eigenvalue weighted by atomic mass is 9.77. The minimum atomic E-state index is -0.736. The van der Waals surface area contributed by atoms with E-state index in [1.807, 2.05) is 84.9 Å². The Morgan fingerprint density at radius 2 is 1.12 bits per heavy atom. The number of hydrogen-bond donors (Lipinski definition) is 2. The number of hydrogen-bond acceptors (Lipinski definition) is 4. The van der Waals surface area contributed by atoms with E-state index in [2.05, 4.69) is 47.2 Å². The average molecular weight is 469 g/mol. The zero-order chi connectivity index (χ0) is 23.5. The van der Waals surface area contributed by atoms with Crippen LogP contribution in [0.4, 0.5) is 0 Å². The van der Waals surface area contributed by atoms with Crippen LogP contribution in [0.1, 0.15) is 16.7 Å². The molecule has 172 valence electrons. The molecule has 4 nitrogen and oxygen atoms in total. The Kier molecular flexibility index (Phi) is 8.38. The van der Waals surface area contributed by atoms with Gasteiger partial charge in [-0.05, 0) is 28.8 Å². The first-order chi connectivity index (χ1) is 16.8. The van der Waals surface area contributed by atoms with E-state index < -0.39 is 5.54 Å². The summed E-state index contributed by atoms with van der Waals surface area (Å²) in [4.78, 5) is 12.8. The number of thioether (sulfide) groups is 1. The molecular formula is C29H28N2O2S. The first-order valence-electron chi connectivity index (χ1n) is 11.3. The standard InChI is InChI=1S/C29H28N2O2S/c32-28(23-34-22-21-33-27-19-11-4-12-20-27)30-31-29(24-13-5-1-6-14-24,25-15-7-2-8-16-25)26-17-9-3-10-18-26/h1-20,31H,21-23H2,(H,30,32). The molecule has 2 N–H and O–H groups in total. The van der Waals surface area contributed by atoms with Gasteiger partial charge in [-0.25, -0.2) is 5.43 Å². The van der Waals surface area contributed by atoms with Gasteiger partial charge in [0.1, 0.15) is 11.3 Å². The van der Waals surface area contributed by atoms with E-state index >= 15 is 0 Å². The number of carbonyl (C=O) groups excluding carboxylic acids is 1. The summed E-state index contributed by atoms with van der Waals surface area (Å²) >= 11 is 1.54. The topological polar surface area (TPSA) is 50.4 Å². The maximum Gasteiger partial charge on any atom is 0.244 e. The maximum absolute atomic E-state index is 12.8. The number of nitrogens with one attached hydrogen (secondary N) is 2. The highest BCUT2D eigenvalue weighted by atomic mass is 32.2. The van der Waals surface area contributed by atoms with Crippen molar-refractivity contribution >= 4 is 17.7 Å². The molecule has 4 aromatic carbocycles. The molecule has 0 unspecified atom stereocenters. The van der Waals surface area contributed by atoms with Crippen LogP contribution in [0.2, 0.25) is 0 Å². The Hall–Kier alpha value is -3.54. The molecule has 0 aliphatic rings. The number of benzene rings is 4. The smallest absolute Gasteiger partial charge is 0.244 e. The van der Waals surface area contributed by atoms with E-state index in [-0.39, 0.29) is 5.91 Å². The van der Waals surface area contributed by atoms with Crippen molar-refractivity contribution in [2.75, 3.05) is 18.1 Å². The molecule has 0 heterocycles. The van der Waals surface area contributed by atoms with Gasteiger partial charge >= 0.3 is 0 Å². The van der Waals surface area contributed by atoms with Crippen LogP contribution < -0.4 is 15.6 Å². The highest BCUT2D eigenvalue weighted by molar-refractivity contribution is 7.99. The summed E-state index contributed by atoms with van der Waals surface area (Å²) in [5.74, 6) is 1.81. The van der Waals surface area contributed by atoms with Gasteiger partial charge in [0.2, 0.25) is 5.91 Å². The normalized spacial score (nSPS) is 11.1. The molecule has 1 amide bonds. The van der Waals surface area contributed by atoms with Gasteiger partial charge in [-0.2, -0.15) is 0 Å². The third-order valence-corrected chi connectivity index (χ3v) is 6.40. The first kappa shape index (κ1) is 23.6. The Morgan fingerprint density at radius 1 is 0.676 bits per heavy atom. The summed E-state index contributed by atoms with van der Waals surface area (Å²) in [6.45, 7) is 0.553. The molecule has 0 saturated carbocycles. The molecular weight excluding hydrogens is 440 g/mol. The van der Waals surface area contributed by atoms with Crippen LogP contribution in [-0.4, -0.2) is 24.0 Å². The fourth-order valence-corrected chi connectivity index (χ4v) is 4.48. The van der Waals surface area contributed by atoms with E-state index in [0.29, 0.717) is 12.4 Å². The largest absolute Gasteiger partial charge is 0.493 e. The van der Waals surface area contributed by atoms with Crippen molar-refractivity contribution < 1.29 is 9.53 Å². The number of ether oxygens (including phenoxy) is 1. The fraction of sp³-hybridized carbons (Fsp3) is 0.138. The second kappa shape index (κ2) is 12.1. The Balaban J connectivity index is 1.46. The van der Waals surface area contributed by atoms with Gasteiger partial charge in [-0.3, -0.25) is 10.2 Å². The fourth-order valence-electron chi connectivity index (χ4n) is 3.88. The van der Waals surface area contributed by atoms with Crippen LogP contribution >= 0.6 is 11.8 Å². The number of hydrazine groups is 1. The van der Waals surface area contributed by atoms with E-state index in [9.17, 15) is 4.79 Å². The van der Waals surface area contributed by atoms with Gasteiger partial charge in [-0.1, -0.05) is 109 Å². The molecule has 4 aromatic rings. The molecule has 0 radical (unpaired) electrons. The number of amides is 1. The van der Waals surface area contributed by atoms with Gasteiger partial charge in [0.25, 0.3) is 0 Å². The summed E-state index contributed by atoms with van der Waals surface area (Å²) in [6, 6.07) is 40.3. The van der Waals surface area contributed by atoms with Crippen LogP contribution in [-0.2, 0) is 10.3 Å². The summed E-state index contributed by atoms with van der Waals surface area (Å²) in [7, 11) is 0. The van der Waals surface area contributed by atoms with Crippen molar-refractivity contribution in [3.8, 4) is 5.75 Å². The number of rotatable bonds is 11. The number of para-hydroxylation sites is 1. The van der Waals surface area contributed by atoms with Crippen LogP contribution in [0, 0.1) is 0 Å². The van der Waals surface area contributed by atoms with Crippen LogP contribution in [0.5, 0.6) is 5.75 Å². The molecule has 0 atom stereocenters. The van der Waals surface area contributed by atoms with Crippen molar-refractivity contribution in [3.05, 3.63) is 138 Å². The summed E-state index contributed by atoms with van der Waals surface area (Å²) in [6.07, 6.45) is 0. The molecule has 0 aliphatic heterocycles. The summed E-state index contributed by atoms with van der Waals surface area (Å²) < 4.78 is 5.71. The van der Waals surface area contributed by atoms with Crippen molar-refractivity contribution in [1.82, 2.24) is 10.9 Å². The maximum atomic E-state index is 12.8. The van der Waals surface area contributed by atoms with Crippen LogP contribution in [0.3, 0.4) is 0 Å². The predicted octanol–water partition coefficient (Wildman–Crippen LogP) is 5.41. The third kappa shape index (κ3) is 5.87. The Bertz CT molecular complexity index is 1040. The van der Waals surface area contributed by atoms with Gasteiger partial charge in [0.05, 0.1) is 12.4 Å². The minimum Gasteiger partial charge on any atom is -0.493 e. The van der Waals surface area contributed by atoms with Crippen molar-refractivity contribution in [3.63, 3.8) is 0 Å². The van der Waals surface area contributed by atoms with E-state index in [1.54, 1.807) is 11.8 Å². The van der Waals surface area contributed by atoms with Gasteiger partial charge in [0.15, 0.2) is 0 Å². The third-order valence-electron chi connectivity index (χ3n) is 5.48. The SMILES string of the molecule is O=C(CSCCOc1ccccc1)NNC(c1ccccc1)(c1ccccc1)c1ccccc1. The highest BCUT2D eigenvalue weighted by Gasteiger charge is 2.36. The minimum absolute atomic E-state index is 0.0862. The van der Waals surface area contributed by atoms with Gasteiger partial charge < -0.3 is 4.74 Å². The molecule has 0 aromatic heterocycles. The lowest BCUT2D eigenvalue weighted by molar-refractivity contribution is -0.119. The summed E-state index contributed by atoms with van der Waals surface area (Å²) in [5.41, 5.74) is 8.76. The van der Waals surface area contributed by atoms with Gasteiger partial charge in [-0.15, -0.1) is 11.8 Å². The summed E-state index contributed by atoms with van der Waals surface area (Å²) in [5, 5.41) is 0. The van der Waals surface area contributed by atoms with E-state index in [4.69, 9.17) is 4.74 Å². The highest BCUT2D eigenvalue weighted by Crippen LogP contribution is 2.36. The monoisotopic (exact) mass is 468 g/mol. The second-order valence-electron chi connectivity index (χ2n) is 7.74. The first-order valence-corrected chi connectivity index (χ1v) is 12.4. The van der Waals surface area contributed by atoms with E-state index in [0.717, 1.165) is 28.2 Å². The lowest BCUT2D eigenvalue weighted by Crippen LogP contribution is -2.54. The molecule has 34 heavy (non-hydrogen) atoms. The molecule has 0 bridgehead atoms. The zero-order valence-corrected chi connectivity index (χ0v) is 19.7. The van der Waals surface area contributed by atoms with E-state index in [1.165, 1.54) is 0 Å². The zero-order valence-electron chi connectivity index (χ0n) is 18.9. The quantitative estimate of drug-likeness (QED) is 0.176. The molecule has 0 aliphatic carbocycles. The molecule has 5 heteroatoms. The van der Waals surface area contributed by atoms with Crippen molar-refractivity contribution in [1.29, 1.82) is 0 Å². The average Bonchev–Trinajstić information content (AvgIpc) is 2.91. The van der Waals surface area contributed by atoms with Crippen LogP contribution in [0.15, 0.2) is 121 Å². The van der Waals surface area contributed by atoms with Crippen molar-refractivity contribution in [2.24, 2.45) is 0 Å². The Morgan fingerprint density at radius 3 is 1.59 bits per heavy atom. The van der Waals surface area contributed by atoms with Crippen LogP contribution in [0.25, 0.3) is 0 Å². The molecule has 0 saturated heterocycles.